The molecule has 29 heavy (non-hydrogen) atoms. The first kappa shape index (κ1) is 20.8. The van der Waals surface area contributed by atoms with E-state index >= 15 is 0 Å². The summed E-state index contributed by atoms with van der Waals surface area (Å²) in [6.45, 7) is 4.71. The number of aromatic amines is 1. The Bertz CT molecular complexity index is 1010. The smallest absolute Gasteiger partial charge is 0.216 e. The first-order valence-corrected chi connectivity index (χ1v) is 10.1. The Morgan fingerprint density at radius 1 is 1.14 bits per heavy atom. The molecule has 0 saturated heterocycles. The predicted octanol–water partition coefficient (Wildman–Crippen LogP) is 5.31. The van der Waals surface area contributed by atoms with Crippen molar-refractivity contribution in [3.8, 4) is 11.5 Å². The maximum Gasteiger partial charge on any atom is 0.216 e. The molecule has 1 aromatic heterocycles. The van der Waals surface area contributed by atoms with Crippen LogP contribution in [0.1, 0.15) is 49.6 Å². The molecule has 0 aliphatic heterocycles. The van der Waals surface area contributed by atoms with Gasteiger partial charge in [0.05, 0.1) is 13.3 Å². The number of nitrogens with one attached hydrogen (secondary N) is 1. The van der Waals surface area contributed by atoms with Gasteiger partial charge in [0.15, 0.2) is 17.3 Å². The van der Waals surface area contributed by atoms with Gasteiger partial charge in [-0.25, -0.2) is 0 Å². The lowest BCUT2D eigenvalue weighted by Crippen LogP contribution is -2.06. The number of benzene rings is 2. The Morgan fingerprint density at radius 2 is 1.90 bits per heavy atom. The van der Waals surface area contributed by atoms with Gasteiger partial charge in [0.25, 0.3) is 0 Å². The molecule has 1 N–H and O–H groups in total. The van der Waals surface area contributed by atoms with Crippen LogP contribution in [0.25, 0.3) is 0 Å². The van der Waals surface area contributed by atoms with Crippen LogP contribution in [0.3, 0.4) is 0 Å². The molecule has 0 saturated carbocycles. The molecule has 0 bridgehead atoms. The number of methoxy groups -OCH3 is 1. The van der Waals surface area contributed by atoms with Gasteiger partial charge in [0, 0.05) is 11.5 Å². The van der Waals surface area contributed by atoms with E-state index in [2.05, 4.69) is 29.1 Å². The molecule has 152 valence electrons. The lowest BCUT2D eigenvalue weighted by Gasteiger charge is -2.13. The van der Waals surface area contributed by atoms with Gasteiger partial charge >= 0.3 is 0 Å². The molecule has 0 spiro atoms. The van der Waals surface area contributed by atoms with Gasteiger partial charge in [-0.15, -0.1) is 0 Å². The van der Waals surface area contributed by atoms with Gasteiger partial charge in [-0.1, -0.05) is 50.2 Å². The van der Waals surface area contributed by atoms with Crippen molar-refractivity contribution < 1.29 is 9.47 Å². The second-order valence-electron chi connectivity index (χ2n) is 6.61. The topological polar surface area (TPSA) is 64.4 Å². The minimum atomic E-state index is 0.291. The van der Waals surface area contributed by atoms with Crippen LogP contribution in [0.4, 0.5) is 0 Å². The number of ether oxygens (including phenoxy) is 2. The summed E-state index contributed by atoms with van der Waals surface area (Å²) in [4.78, 5) is 0. The highest BCUT2D eigenvalue weighted by Crippen LogP contribution is 2.31. The van der Waals surface area contributed by atoms with Crippen LogP contribution in [0.2, 0.25) is 0 Å². The van der Waals surface area contributed by atoms with Crippen molar-refractivity contribution in [2.45, 2.75) is 39.2 Å². The normalized spacial score (nSPS) is 11.3. The maximum absolute atomic E-state index is 6.09. The van der Waals surface area contributed by atoms with Gasteiger partial charge in [-0.05, 0) is 42.8 Å². The van der Waals surface area contributed by atoms with Crippen LogP contribution in [0.5, 0.6) is 11.5 Å². The molecular formula is C22H26N4O2S. The summed E-state index contributed by atoms with van der Waals surface area (Å²) in [5, 5.41) is 11.8. The van der Waals surface area contributed by atoms with Gasteiger partial charge < -0.3 is 9.47 Å². The average molecular weight is 411 g/mol. The van der Waals surface area contributed by atoms with Crippen molar-refractivity contribution in [1.29, 1.82) is 0 Å². The van der Waals surface area contributed by atoms with Crippen molar-refractivity contribution in [2.24, 2.45) is 5.10 Å². The summed E-state index contributed by atoms with van der Waals surface area (Å²) >= 11 is 5.38. The van der Waals surface area contributed by atoms with Crippen molar-refractivity contribution in [2.75, 3.05) is 7.11 Å². The fourth-order valence-electron chi connectivity index (χ4n) is 3.13. The molecule has 0 atom stereocenters. The van der Waals surface area contributed by atoms with E-state index in [0.29, 0.717) is 28.8 Å². The quantitative estimate of drug-likeness (QED) is 0.383. The van der Waals surface area contributed by atoms with E-state index < -0.39 is 0 Å². The fourth-order valence-corrected chi connectivity index (χ4v) is 3.32. The first-order valence-electron chi connectivity index (χ1n) is 9.73. The molecule has 0 unspecified atom stereocenters. The number of nitrogens with zero attached hydrogens (tertiary/aromatic N) is 3. The van der Waals surface area contributed by atoms with Gasteiger partial charge in [-0.3, -0.25) is 5.10 Å². The third kappa shape index (κ3) is 4.92. The van der Waals surface area contributed by atoms with E-state index in [1.165, 1.54) is 0 Å². The molecule has 7 heteroatoms. The van der Waals surface area contributed by atoms with E-state index in [9.17, 15) is 0 Å². The molecule has 1 heterocycles. The van der Waals surface area contributed by atoms with Gasteiger partial charge in [0.1, 0.15) is 6.61 Å². The van der Waals surface area contributed by atoms with Crippen molar-refractivity contribution in [1.82, 2.24) is 14.9 Å². The number of hydrogen-bond acceptors (Lipinski definition) is 5. The SMILES string of the molecule is CCC(CC)c1n[nH]c(=S)n1/N=C\c1cccc(OC)c1OCc1ccccc1. The Balaban J connectivity index is 1.92. The molecule has 0 fully saturated rings. The average Bonchev–Trinajstić information content (AvgIpc) is 3.12. The van der Waals surface area contributed by atoms with E-state index in [-0.39, 0.29) is 0 Å². The lowest BCUT2D eigenvalue weighted by molar-refractivity contribution is 0.284. The van der Waals surface area contributed by atoms with Crippen molar-refractivity contribution in [3.63, 3.8) is 0 Å². The third-order valence-electron chi connectivity index (χ3n) is 4.79. The fraction of sp³-hybridized carbons (Fsp3) is 0.318. The number of H-pyrrole nitrogens is 1. The zero-order valence-electron chi connectivity index (χ0n) is 17.0. The highest BCUT2D eigenvalue weighted by Gasteiger charge is 2.15. The summed E-state index contributed by atoms with van der Waals surface area (Å²) < 4.78 is 13.7. The van der Waals surface area contributed by atoms with Crippen LogP contribution in [-0.4, -0.2) is 28.2 Å². The Morgan fingerprint density at radius 3 is 2.59 bits per heavy atom. The van der Waals surface area contributed by atoms with Crippen LogP contribution in [0, 0.1) is 4.77 Å². The van der Waals surface area contributed by atoms with Crippen LogP contribution < -0.4 is 9.47 Å². The highest BCUT2D eigenvalue weighted by atomic mass is 32.1. The minimum absolute atomic E-state index is 0.291. The highest BCUT2D eigenvalue weighted by molar-refractivity contribution is 7.71. The Labute approximate surface area is 176 Å². The van der Waals surface area contributed by atoms with E-state index in [4.69, 9.17) is 21.7 Å². The molecule has 0 radical (unpaired) electrons. The second-order valence-corrected chi connectivity index (χ2v) is 7.00. The summed E-state index contributed by atoms with van der Waals surface area (Å²) in [7, 11) is 1.63. The Hall–Kier alpha value is -2.93. The zero-order chi connectivity index (χ0) is 20.6. The molecule has 2 aromatic carbocycles. The standard InChI is InChI=1S/C22H26N4O2S/c1-4-17(5-2)21-24-25-22(29)26(21)23-14-18-12-9-13-19(27-3)20(18)28-15-16-10-7-6-8-11-16/h6-14,17H,4-5,15H2,1-3H3,(H,25,29)/b23-14-. The number of hydrogen-bond donors (Lipinski definition) is 1. The maximum atomic E-state index is 6.09. The van der Waals surface area contributed by atoms with Crippen LogP contribution in [0.15, 0.2) is 53.6 Å². The van der Waals surface area contributed by atoms with Gasteiger partial charge in [0.2, 0.25) is 4.77 Å². The number of para-hydroxylation sites is 1. The minimum Gasteiger partial charge on any atom is -0.493 e. The van der Waals surface area contributed by atoms with E-state index in [0.717, 1.165) is 29.8 Å². The van der Waals surface area contributed by atoms with Crippen molar-refractivity contribution >= 4 is 18.4 Å². The molecule has 3 aromatic rings. The molecule has 0 aliphatic rings. The number of aromatic nitrogens is 3. The van der Waals surface area contributed by atoms with E-state index in [1.807, 2.05) is 48.5 Å². The van der Waals surface area contributed by atoms with E-state index in [1.54, 1.807) is 18.0 Å². The molecule has 6 nitrogen and oxygen atoms in total. The van der Waals surface area contributed by atoms with Crippen LogP contribution in [-0.2, 0) is 6.61 Å². The molecule has 0 aliphatic carbocycles. The van der Waals surface area contributed by atoms with Crippen LogP contribution >= 0.6 is 12.2 Å². The first-order chi connectivity index (χ1) is 14.2. The van der Waals surface area contributed by atoms with Crippen molar-refractivity contribution in [3.05, 3.63) is 70.3 Å². The largest absolute Gasteiger partial charge is 0.493 e. The number of rotatable bonds is 9. The lowest BCUT2D eigenvalue weighted by atomic mass is 10.0. The summed E-state index contributed by atoms with van der Waals surface area (Å²) in [5.74, 6) is 2.42. The summed E-state index contributed by atoms with van der Waals surface area (Å²) in [5.41, 5.74) is 1.88. The Kier molecular flexibility index (Phi) is 7.19. The predicted molar refractivity (Wildman–Crippen MR) is 117 cm³/mol. The summed E-state index contributed by atoms with van der Waals surface area (Å²) in [6.07, 6.45) is 3.67. The zero-order valence-corrected chi connectivity index (χ0v) is 17.8. The molecular weight excluding hydrogens is 384 g/mol. The monoisotopic (exact) mass is 410 g/mol. The summed E-state index contributed by atoms with van der Waals surface area (Å²) in [6, 6.07) is 15.7. The molecule has 0 amide bonds. The third-order valence-corrected chi connectivity index (χ3v) is 5.06. The van der Waals surface area contributed by atoms with Gasteiger partial charge in [-0.2, -0.15) is 14.9 Å². The second kappa shape index (κ2) is 10.0. The molecule has 3 rings (SSSR count).